The van der Waals surface area contributed by atoms with E-state index < -0.39 is 5.97 Å². The van der Waals surface area contributed by atoms with E-state index in [1.165, 1.54) is 11.8 Å². The van der Waals surface area contributed by atoms with Gasteiger partial charge in [0.15, 0.2) is 0 Å². The first-order chi connectivity index (χ1) is 4.68. The Labute approximate surface area is 64.4 Å². The number of aliphatic hydroxyl groups is 1. The SMILES string of the molecule is CC(SCCCO)C(=O)O. The van der Waals surface area contributed by atoms with Crippen molar-refractivity contribution in [1.82, 2.24) is 0 Å². The minimum absolute atomic E-state index is 0.138. The maximum absolute atomic E-state index is 10.2. The van der Waals surface area contributed by atoms with E-state index in [4.69, 9.17) is 10.2 Å². The number of carboxylic acid groups (broad SMARTS) is 1. The highest BCUT2D eigenvalue weighted by Gasteiger charge is 2.09. The molecule has 0 bridgehead atoms. The summed E-state index contributed by atoms with van der Waals surface area (Å²) in [6.07, 6.45) is 0.669. The topological polar surface area (TPSA) is 57.5 Å². The summed E-state index contributed by atoms with van der Waals surface area (Å²) >= 11 is 1.35. The molecule has 0 heterocycles. The van der Waals surface area contributed by atoms with Gasteiger partial charge in [0.2, 0.25) is 0 Å². The molecule has 0 rings (SSSR count). The molecule has 0 fully saturated rings. The molecular formula is C6H12O3S. The zero-order valence-electron chi connectivity index (χ0n) is 5.91. The van der Waals surface area contributed by atoms with Gasteiger partial charge in [0.05, 0.1) is 5.25 Å². The molecule has 3 nitrogen and oxygen atoms in total. The van der Waals surface area contributed by atoms with Crippen LogP contribution in [0.2, 0.25) is 0 Å². The molecule has 4 heteroatoms. The Kier molecular flexibility index (Phi) is 5.43. The number of thioether (sulfide) groups is 1. The van der Waals surface area contributed by atoms with Gasteiger partial charge >= 0.3 is 5.97 Å². The van der Waals surface area contributed by atoms with Crippen LogP contribution in [0.5, 0.6) is 0 Å². The lowest BCUT2D eigenvalue weighted by molar-refractivity contribution is -0.136. The third-order valence-corrected chi connectivity index (χ3v) is 2.24. The van der Waals surface area contributed by atoms with Crippen molar-refractivity contribution in [2.75, 3.05) is 12.4 Å². The van der Waals surface area contributed by atoms with Gasteiger partial charge in [-0.25, -0.2) is 0 Å². The summed E-state index contributed by atoms with van der Waals surface area (Å²) in [5.74, 6) is -0.0767. The number of hydrogen-bond acceptors (Lipinski definition) is 3. The Morgan fingerprint density at radius 1 is 1.70 bits per heavy atom. The molecule has 0 amide bonds. The monoisotopic (exact) mass is 164 g/mol. The van der Waals surface area contributed by atoms with Crippen LogP contribution in [0.4, 0.5) is 0 Å². The van der Waals surface area contributed by atoms with Crippen molar-refractivity contribution in [2.45, 2.75) is 18.6 Å². The third kappa shape index (κ3) is 4.64. The fourth-order valence-corrected chi connectivity index (χ4v) is 1.19. The van der Waals surface area contributed by atoms with E-state index >= 15 is 0 Å². The molecule has 0 spiro atoms. The molecule has 0 saturated carbocycles. The Morgan fingerprint density at radius 3 is 2.70 bits per heavy atom. The van der Waals surface area contributed by atoms with Crippen LogP contribution in [-0.4, -0.2) is 33.8 Å². The maximum Gasteiger partial charge on any atom is 0.316 e. The van der Waals surface area contributed by atoms with E-state index in [1.54, 1.807) is 6.92 Å². The molecule has 0 aliphatic rings. The lowest BCUT2D eigenvalue weighted by Gasteiger charge is -2.03. The predicted octanol–water partition coefficient (Wildman–Crippen LogP) is 0.575. The first kappa shape index (κ1) is 9.78. The summed E-state index contributed by atoms with van der Waals surface area (Å²) in [6.45, 7) is 1.78. The number of aliphatic carboxylic acids is 1. The highest BCUT2D eigenvalue weighted by molar-refractivity contribution is 8.00. The van der Waals surface area contributed by atoms with E-state index in [0.29, 0.717) is 12.2 Å². The van der Waals surface area contributed by atoms with E-state index in [1.807, 2.05) is 0 Å². The summed E-state index contributed by atoms with van der Waals surface area (Å²) in [5.41, 5.74) is 0. The van der Waals surface area contributed by atoms with Crippen molar-refractivity contribution >= 4 is 17.7 Å². The van der Waals surface area contributed by atoms with Crippen LogP contribution in [0.1, 0.15) is 13.3 Å². The normalized spacial score (nSPS) is 13.0. The molecule has 10 heavy (non-hydrogen) atoms. The maximum atomic E-state index is 10.2. The number of rotatable bonds is 5. The van der Waals surface area contributed by atoms with Gasteiger partial charge in [-0.3, -0.25) is 4.79 Å². The molecule has 0 aromatic heterocycles. The number of hydrogen-bond donors (Lipinski definition) is 2. The lowest BCUT2D eigenvalue weighted by Crippen LogP contribution is -2.12. The molecule has 2 N–H and O–H groups in total. The van der Waals surface area contributed by atoms with Gasteiger partial charge < -0.3 is 10.2 Å². The molecule has 60 valence electrons. The van der Waals surface area contributed by atoms with E-state index in [0.717, 1.165) is 0 Å². The number of aliphatic hydroxyl groups excluding tert-OH is 1. The van der Waals surface area contributed by atoms with Crippen molar-refractivity contribution in [1.29, 1.82) is 0 Å². The molecular weight excluding hydrogens is 152 g/mol. The molecule has 0 saturated heterocycles. The lowest BCUT2D eigenvalue weighted by atomic mass is 10.5. The second-order valence-corrected chi connectivity index (χ2v) is 3.38. The molecule has 0 radical (unpaired) electrons. The zero-order valence-corrected chi connectivity index (χ0v) is 6.73. The second-order valence-electron chi connectivity index (χ2n) is 1.93. The van der Waals surface area contributed by atoms with Gasteiger partial charge in [0.25, 0.3) is 0 Å². The van der Waals surface area contributed by atoms with Gasteiger partial charge in [-0.15, -0.1) is 11.8 Å². The quantitative estimate of drug-likeness (QED) is 0.583. The molecule has 0 aliphatic heterocycles. The van der Waals surface area contributed by atoms with Crippen LogP contribution in [0.3, 0.4) is 0 Å². The van der Waals surface area contributed by atoms with Crippen LogP contribution in [0.15, 0.2) is 0 Å². The molecule has 0 aromatic rings. The van der Waals surface area contributed by atoms with E-state index in [9.17, 15) is 4.79 Å². The average Bonchev–Trinajstić information content (AvgIpc) is 1.88. The highest BCUT2D eigenvalue weighted by Crippen LogP contribution is 2.10. The number of carboxylic acids is 1. The smallest absolute Gasteiger partial charge is 0.316 e. The van der Waals surface area contributed by atoms with Crippen molar-refractivity contribution in [2.24, 2.45) is 0 Å². The zero-order chi connectivity index (χ0) is 7.98. The molecule has 1 atom stereocenters. The summed E-state index contributed by atoms with van der Waals surface area (Å²) < 4.78 is 0. The molecule has 0 aliphatic carbocycles. The fraction of sp³-hybridized carbons (Fsp3) is 0.833. The minimum atomic E-state index is -0.789. The molecule has 1 unspecified atom stereocenters. The van der Waals surface area contributed by atoms with Gasteiger partial charge in [0, 0.05) is 6.61 Å². The van der Waals surface area contributed by atoms with Crippen molar-refractivity contribution in [3.8, 4) is 0 Å². The van der Waals surface area contributed by atoms with Crippen LogP contribution >= 0.6 is 11.8 Å². The standard InChI is InChI=1S/C6H12O3S/c1-5(6(8)9)10-4-2-3-7/h5,7H,2-4H2,1H3,(H,8,9). The van der Waals surface area contributed by atoms with Gasteiger partial charge in [-0.2, -0.15) is 0 Å². The molecule has 0 aromatic carbocycles. The van der Waals surface area contributed by atoms with Crippen LogP contribution < -0.4 is 0 Å². The highest BCUT2D eigenvalue weighted by atomic mass is 32.2. The van der Waals surface area contributed by atoms with Crippen molar-refractivity contribution in [3.63, 3.8) is 0 Å². The predicted molar refractivity (Wildman–Crippen MR) is 41.3 cm³/mol. The first-order valence-electron chi connectivity index (χ1n) is 3.13. The summed E-state index contributed by atoms with van der Waals surface area (Å²) in [7, 11) is 0. The number of carbonyl (C=O) groups is 1. The third-order valence-electron chi connectivity index (χ3n) is 1.02. The van der Waals surface area contributed by atoms with Gasteiger partial charge in [-0.1, -0.05) is 0 Å². The van der Waals surface area contributed by atoms with Gasteiger partial charge in [0.1, 0.15) is 0 Å². The minimum Gasteiger partial charge on any atom is -0.480 e. The van der Waals surface area contributed by atoms with Crippen molar-refractivity contribution in [3.05, 3.63) is 0 Å². The Bertz CT molecular complexity index is 105. The Balaban J connectivity index is 3.21. The second kappa shape index (κ2) is 5.56. The summed E-state index contributed by atoms with van der Waals surface area (Å²) in [5, 5.41) is 16.4. The average molecular weight is 164 g/mol. The summed E-state index contributed by atoms with van der Waals surface area (Å²) in [6, 6.07) is 0. The first-order valence-corrected chi connectivity index (χ1v) is 4.18. The van der Waals surface area contributed by atoms with E-state index in [2.05, 4.69) is 0 Å². The van der Waals surface area contributed by atoms with Crippen LogP contribution in [-0.2, 0) is 4.79 Å². The summed E-state index contributed by atoms with van der Waals surface area (Å²) in [4.78, 5) is 10.2. The fourth-order valence-electron chi connectivity index (χ4n) is 0.396. The largest absolute Gasteiger partial charge is 0.480 e. The van der Waals surface area contributed by atoms with Crippen LogP contribution in [0.25, 0.3) is 0 Å². The van der Waals surface area contributed by atoms with E-state index in [-0.39, 0.29) is 11.9 Å². The van der Waals surface area contributed by atoms with Gasteiger partial charge in [-0.05, 0) is 19.1 Å². The van der Waals surface area contributed by atoms with Crippen molar-refractivity contribution < 1.29 is 15.0 Å². The van der Waals surface area contributed by atoms with Crippen LogP contribution in [0, 0.1) is 0 Å². The Morgan fingerprint density at radius 2 is 2.30 bits per heavy atom. The Hall–Kier alpha value is -0.220.